The van der Waals surface area contributed by atoms with Crippen molar-refractivity contribution in [2.75, 3.05) is 11.9 Å². The minimum absolute atomic E-state index is 0.00959. The monoisotopic (exact) mass is 303 g/mol. The summed E-state index contributed by atoms with van der Waals surface area (Å²) in [6.07, 6.45) is 3.79. The average molecular weight is 303 g/mol. The predicted octanol–water partition coefficient (Wildman–Crippen LogP) is 3.99. The molecule has 0 unspecified atom stereocenters. The number of nitro groups is 1. The van der Waals surface area contributed by atoms with E-state index in [1.165, 1.54) is 12.1 Å². The van der Waals surface area contributed by atoms with Crippen LogP contribution >= 0.6 is 0 Å². The minimum Gasteiger partial charge on any atom is -0.351 e. The van der Waals surface area contributed by atoms with Crippen LogP contribution in [0, 0.1) is 21.4 Å². The molecule has 0 spiro atoms. The van der Waals surface area contributed by atoms with Crippen LogP contribution < -0.4 is 4.90 Å². The number of nitro benzene ring substituents is 1. The minimum atomic E-state index is -0.451. The Kier molecular flexibility index (Phi) is 3.65. The van der Waals surface area contributed by atoms with E-state index in [1.54, 1.807) is 12.1 Å². The van der Waals surface area contributed by atoms with Crippen LogP contribution in [0.5, 0.6) is 0 Å². The van der Waals surface area contributed by atoms with Gasteiger partial charge in [-0.2, -0.15) is 5.26 Å². The highest BCUT2D eigenvalue weighted by molar-refractivity contribution is 6.04. The molecule has 2 aromatic rings. The van der Waals surface area contributed by atoms with E-state index >= 15 is 0 Å². The van der Waals surface area contributed by atoms with Crippen LogP contribution in [0.25, 0.3) is 11.1 Å². The molecule has 1 heterocycles. The first-order chi connectivity index (χ1) is 11.1. The van der Waals surface area contributed by atoms with Gasteiger partial charge in [0.15, 0.2) is 0 Å². The third-order valence-corrected chi connectivity index (χ3v) is 3.79. The van der Waals surface area contributed by atoms with Crippen LogP contribution in [0.2, 0.25) is 0 Å². The number of non-ortho nitro benzene ring substituents is 1. The third kappa shape index (κ3) is 2.58. The number of nitrogens with zero attached hydrogens (tertiary/aromatic N) is 3. The molecule has 0 amide bonds. The molecule has 1 aliphatic rings. The molecular formula is C18H13N3O2. The second-order valence-electron chi connectivity index (χ2n) is 5.15. The van der Waals surface area contributed by atoms with Gasteiger partial charge in [0, 0.05) is 42.2 Å². The summed E-state index contributed by atoms with van der Waals surface area (Å²) < 4.78 is 0. The lowest BCUT2D eigenvalue weighted by molar-refractivity contribution is -0.384. The highest BCUT2D eigenvalue weighted by Gasteiger charge is 2.18. The standard InChI is InChI=1S/C18H13N3O2/c1-20-11-10-15(16-4-2-3-5-18(16)20)17(12-19)13-6-8-14(9-7-13)21(22)23/h2-11H,1H3. The quantitative estimate of drug-likeness (QED) is 0.478. The second kappa shape index (κ2) is 5.78. The summed E-state index contributed by atoms with van der Waals surface area (Å²) in [5.41, 5.74) is 3.96. The van der Waals surface area contributed by atoms with E-state index in [-0.39, 0.29) is 5.69 Å². The van der Waals surface area contributed by atoms with Crippen LogP contribution in [0.1, 0.15) is 11.1 Å². The number of rotatable bonds is 2. The highest BCUT2D eigenvalue weighted by atomic mass is 16.6. The molecule has 0 bridgehead atoms. The van der Waals surface area contributed by atoms with Gasteiger partial charge in [-0.15, -0.1) is 0 Å². The fourth-order valence-corrected chi connectivity index (χ4v) is 2.61. The number of para-hydroxylation sites is 1. The maximum atomic E-state index is 10.8. The number of hydrogen-bond acceptors (Lipinski definition) is 4. The van der Waals surface area contributed by atoms with Gasteiger partial charge in [-0.05, 0) is 29.8 Å². The van der Waals surface area contributed by atoms with Crippen molar-refractivity contribution in [2.24, 2.45) is 0 Å². The summed E-state index contributed by atoms with van der Waals surface area (Å²) in [5.74, 6) is 0. The summed E-state index contributed by atoms with van der Waals surface area (Å²) in [5, 5.41) is 20.4. The zero-order chi connectivity index (χ0) is 16.4. The number of nitriles is 1. The molecule has 1 aliphatic heterocycles. The van der Waals surface area contributed by atoms with Crippen molar-refractivity contribution in [3.63, 3.8) is 0 Å². The Hall–Kier alpha value is -3.39. The van der Waals surface area contributed by atoms with Gasteiger partial charge < -0.3 is 4.90 Å². The highest BCUT2D eigenvalue weighted by Crippen LogP contribution is 2.36. The van der Waals surface area contributed by atoms with Crippen molar-refractivity contribution in [2.45, 2.75) is 0 Å². The van der Waals surface area contributed by atoms with Crippen molar-refractivity contribution in [1.82, 2.24) is 0 Å². The third-order valence-electron chi connectivity index (χ3n) is 3.79. The molecule has 0 atom stereocenters. The lowest BCUT2D eigenvalue weighted by Crippen LogP contribution is -2.13. The SMILES string of the molecule is CN1C=CC(=C(C#N)c2ccc([N+](=O)[O-])cc2)c2ccccc21. The van der Waals surface area contributed by atoms with E-state index in [0.29, 0.717) is 11.1 Å². The first kappa shape index (κ1) is 14.5. The summed E-state index contributed by atoms with van der Waals surface area (Å²) in [7, 11) is 1.95. The topological polar surface area (TPSA) is 70.2 Å². The zero-order valence-electron chi connectivity index (χ0n) is 12.4. The van der Waals surface area contributed by atoms with E-state index in [0.717, 1.165) is 16.8 Å². The first-order valence-electron chi connectivity index (χ1n) is 7.01. The Morgan fingerprint density at radius 3 is 2.52 bits per heavy atom. The molecule has 112 valence electrons. The molecule has 0 saturated heterocycles. The fourth-order valence-electron chi connectivity index (χ4n) is 2.61. The Morgan fingerprint density at radius 2 is 1.87 bits per heavy atom. The Labute approximate surface area is 133 Å². The molecule has 5 nitrogen and oxygen atoms in total. The lowest BCUT2D eigenvalue weighted by Gasteiger charge is -2.24. The van der Waals surface area contributed by atoms with Gasteiger partial charge in [0.25, 0.3) is 5.69 Å². The second-order valence-corrected chi connectivity index (χ2v) is 5.15. The maximum Gasteiger partial charge on any atom is 0.269 e. The van der Waals surface area contributed by atoms with E-state index in [9.17, 15) is 15.4 Å². The van der Waals surface area contributed by atoms with Crippen LogP contribution in [0.4, 0.5) is 11.4 Å². The fraction of sp³-hybridized carbons (Fsp3) is 0.0556. The Balaban J connectivity index is 2.16. The molecule has 23 heavy (non-hydrogen) atoms. The zero-order valence-corrected chi connectivity index (χ0v) is 12.4. The van der Waals surface area contributed by atoms with Crippen LogP contribution in [-0.4, -0.2) is 12.0 Å². The smallest absolute Gasteiger partial charge is 0.269 e. The van der Waals surface area contributed by atoms with Gasteiger partial charge in [-0.1, -0.05) is 18.2 Å². The van der Waals surface area contributed by atoms with Crippen LogP contribution in [-0.2, 0) is 0 Å². The average Bonchev–Trinajstić information content (AvgIpc) is 2.58. The van der Waals surface area contributed by atoms with E-state index < -0.39 is 4.92 Å². The predicted molar refractivity (Wildman–Crippen MR) is 89.5 cm³/mol. The number of hydrogen-bond donors (Lipinski definition) is 0. The number of allylic oxidation sites excluding steroid dienone is 3. The molecule has 0 radical (unpaired) electrons. The van der Waals surface area contributed by atoms with Gasteiger partial charge in [0.2, 0.25) is 0 Å². The molecule has 3 rings (SSSR count). The van der Waals surface area contributed by atoms with Gasteiger partial charge in [-0.25, -0.2) is 0 Å². The first-order valence-corrected chi connectivity index (χ1v) is 7.01. The van der Waals surface area contributed by atoms with E-state index in [1.807, 2.05) is 48.5 Å². The molecule has 2 aromatic carbocycles. The van der Waals surface area contributed by atoms with Crippen molar-refractivity contribution in [1.29, 1.82) is 5.26 Å². The van der Waals surface area contributed by atoms with Crippen LogP contribution in [0.15, 0.2) is 60.8 Å². The van der Waals surface area contributed by atoms with Crippen molar-refractivity contribution >= 4 is 22.5 Å². The molecule has 0 saturated carbocycles. The van der Waals surface area contributed by atoms with E-state index in [2.05, 4.69) is 6.07 Å². The molecular weight excluding hydrogens is 290 g/mol. The molecule has 0 fully saturated rings. The Morgan fingerprint density at radius 1 is 1.17 bits per heavy atom. The van der Waals surface area contributed by atoms with E-state index in [4.69, 9.17) is 0 Å². The molecule has 0 aromatic heterocycles. The largest absolute Gasteiger partial charge is 0.351 e. The van der Waals surface area contributed by atoms with Gasteiger partial charge in [0.05, 0.1) is 10.5 Å². The molecule has 0 N–H and O–H groups in total. The van der Waals surface area contributed by atoms with Crippen molar-refractivity contribution in [3.8, 4) is 6.07 Å². The van der Waals surface area contributed by atoms with Crippen molar-refractivity contribution < 1.29 is 4.92 Å². The van der Waals surface area contributed by atoms with Gasteiger partial charge >= 0.3 is 0 Å². The van der Waals surface area contributed by atoms with Gasteiger partial charge in [0.1, 0.15) is 6.07 Å². The molecule has 5 heteroatoms. The van der Waals surface area contributed by atoms with Crippen LogP contribution in [0.3, 0.4) is 0 Å². The maximum absolute atomic E-state index is 10.8. The Bertz CT molecular complexity index is 874. The molecule has 0 aliphatic carbocycles. The number of benzene rings is 2. The summed E-state index contributed by atoms with van der Waals surface area (Å²) >= 11 is 0. The van der Waals surface area contributed by atoms with Gasteiger partial charge in [-0.3, -0.25) is 10.1 Å². The summed E-state index contributed by atoms with van der Waals surface area (Å²) in [6, 6.07) is 16.1. The summed E-state index contributed by atoms with van der Waals surface area (Å²) in [4.78, 5) is 12.3. The number of anilines is 1. The lowest BCUT2D eigenvalue weighted by atomic mass is 9.92. The number of fused-ring (bicyclic) bond motifs is 1. The van der Waals surface area contributed by atoms with Crippen molar-refractivity contribution in [3.05, 3.63) is 82.0 Å². The normalized spacial score (nSPS) is 14.9. The summed E-state index contributed by atoms with van der Waals surface area (Å²) in [6.45, 7) is 0.